The number of hydrogen-bond donors (Lipinski definition) is 2. The van der Waals surface area contributed by atoms with E-state index in [0.717, 1.165) is 0 Å². The van der Waals surface area contributed by atoms with Crippen molar-refractivity contribution in [2.24, 2.45) is 0 Å². The predicted octanol–water partition coefficient (Wildman–Crippen LogP) is 5.00. The first-order valence-electron chi connectivity index (χ1n) is 9.59. The van der Waals surface area contributed by atoms with Crippen LogP contribution in [0.25, 0.3) is 22.2 Å². The summed E-state index contributed by atoms with van der Waals surface area (Å²) in [7, 11) is 4.43. The zero-order chi connectivity index (χ0) is 21.5. The summed E-state index contributed by atoms with van der Waals surface area (Å²) >= 11 is 0. The van der Waals surface area contributed by atoms with Gasteiger partial charge in [-0.2, -0.15) is 13.2 Å². The van der Waals surface area contributed by atoms with E-state index >= 15 is 0 Å². The largest absolute Gasteiger partial charge is 0.493 e. The van der Waals surface area contributed by atoms with Crippen LogP contribution in [0.1, 0.15) is 18.4 Å². The Morgan fingerprint density at radius 3 is 2.17 bits per heavy atom. The third-order valence-electron chi connectivity index (χ3n) is 5.73. The number of methoxy groups -OCH3 is 3. The van der Waals surface area contributed by atoms with E-state index in [9.17, 15) is 13.2 Å². The van der Waals surface area contributed by atoms with Crippen molar-refractivity contribution in [1.29, 1.82) is 0 Å². The van der Waals surface area contributed by atoms with Gasteiger partial charge in [0.1, 0.15) is 5.54 Å². The maximum Gasteiger partial charge on any atom is 0.410 e. The molecule has 30 heavy (non-hydrogen) atoms. The molecule has 2 heterocycles. The summed E-state index contributed by atoms with van der Waals surface area (Å²) in [5.74, 6) is 1.12. The summed E-state index contributed by atoms with van der Waals surface area (Å²) in [5.41, 5.74) is -0.413. The van der Waals surface area contributed by atoms with Gasteiger partial charge in [0.2, 0.25) is 5.75 Å². The highest BCUT2D eigenvalue weighted by molar-refractivity contribution is 5.93. The molecule has 2 N–H and O–H groups in total. The zero-order valence-electron chi connectivity index (χ0n) is 16.9. The first-order chi connectivity index (χ1) is 14.4. The Morgan fingerprint density at radius 1 is 0.967 bits per heavy atom. The Morgan fingerprint density at radius 2 is 1.63 bits per heavy atom. The Kier molecular flexibility index (Phi) is 5.05. The van der Waals surface area contributed by atoms with Gasteiger partial charge >= 0.3 is 6.18 Å². The van der Waals surface area contributed by atoms with Crippen molar-refractivity contribution in [1.82, 2.24) is 10.3 Å². The van der Waals surface area contributed by atoms with Crippen LogP contribution in [-0.4, -0.2) is 39.0 Å². The number of benzene rings is 2. The summed E-state index contributed by atoms with van der Waals surface area (Å²) in [4.78, 5) is 3.20. The van der Waals surface area contributed by atoms with E-state index in [-0.39, 0.29) is 12.0 Å². The Hall–Kier alpha value is -2.87. The van der Waals surface area contributed by atoms with Crippen LogP contribution in [-0.2, 0) is 5.54 Å². The highest BCUT2D eigenvalue weighted by Gasteiger charge is 2.59. The van der Waals surface area contributed by atoms with Crippen molar-refractivity contribution < 1.29 is 27.4 Å². The van der Waals surface area contributed by atoms with Gasteiger partial charge in [-0.15, -0.1) is 0 Å². The summed E-state index contributed by atoms with van der Waals surface area (Å²) in [6, 6.07) is 10.4. The van der Waals surface area contributed by atoms with Gasteiger partial charge in [0.25, 0.3) is 0 Å². The first-order valence-corrected chi connectivity index (χ1v) is 9.59. The predicted molar refractivity (Wildman–Crippen MR) is 108 cm³/mol. The van der Waals surface area contributed by atoms with Gasteiger partial charge in [-0.3, -0.25) is 5.32 Å². The number of H-pyrrole nitrogens is 1. The Bertz CT molecular complexity index is 1040. The molecule has 3 aromatic rings. The number of rotatable bonds is 5. The number of aromatic amines is 1. The molecule has 0 aliphatic carbocycles. The van der Waals surface area contributed by atoms with E-state index in [4.69, 9.17) is 14.2 Å². The summed E-state index contributed by atoms with van der Waals surface area (Å²) in [5, 5.41) is 3.30. The molecule has 0 saturated carbocycles. The minimum absolute atomic E-state index is 0.0320. The fourth-order valence-corrected chi connectivity index (χ4v) is 4.37. The fraction of sp³-hybridized carbons (Fsp3) is 0.364. The molecule has 8 heteroatoms. The molecule has 4 rings (SSSR count). The highest BCUT2D eigenvalue weighted by Crippen LogP contribution is 2.51. The number of para-hydroxylation sites is 1. The molecule has 0 spiro atoms. The molecule has 0 amide bonds. The number of ether oxygens (including phenoxy) is 3. The monoisotopic (exact) mass is 420 g/mol. The van der Waals surface area contributed by atoms with Gasteiger partial charge in [-0.25, -0.2) is 0 Å². The zero-order valence-corrected chi connectivity index (χ0v) is 16.9. The van der Waals surface area contributed by atoms with Gasteiger partial charge in [0, 0.05) is 22.0 Å². The molecular weight excluding hydrogens is 397 g/mol. The lowest BCUT2D eigenvalue weighted by Gasteiger charge is -2.33. The molecule has 0 bridgehead atoms. The van der Waals surface area contributed by atoms with E-state index in [2.05, 4.69) is 10.3 Å². The highest BCUT2D eigenvalue weighted by atomic mass is 19.4. The molecule has 160 valence electrons. The minimum Gasteiger partial charge on any atom is -0.493 e. The molecule has 0 radical (unpaired) electrons. The number of aromatic nitrogens is 1. The van der Waals surface area contributed by atoms with Crippen LogP contribution in [0.4, 0.5) is 13.2 Å². The van der Waals surface area contributed by atoms with Gasteiger partial charge in [0.15, 0.2) is 11.5 Å². The van der Waals surface area contributed by atoms with Gasteiger partial charge < -0.3 is 19.2 Å². The standard InChI is InChI=1S/C22H23F3N2O3/c1-28-16-11-13(12-17(29-2)20(16)30-3)19-18(14-7-4-5-8-15(14)27-19)21(22(23,24)25)9-6-10-26-21/h4-5,7-8,11-12,26-27H,6,9-10H2,1-3H3. The van der Waals surface area contributed by atoms with Crippen LogP contribution in [0.5, 0.6) is 17.2 Å². The molecule has 1 aliphatic heterocycles. The second-order valence-corrected chi connectivity index (χ2v) is 7.27. The molecule has 1 fully saturated rings. The smallest absolute Gasteiger partial charge is 0.410 e. The fourth-order valence-electron chi connectivity index (χ4n) is 4.37. The summed E-state index contributed by atoms with van der Waals surface area (Å²) in [6.45, 7) is 0.299. The van der Waals surface area contributed by atoms with Crippen LogP contribution in [0, 0.1) is 0 Å². The topological polar surface area (TPSA) is 55.5 Å². The van der Waals surface area contributed by atoms with E-state index in [1.54, 1.807) is 36.4 Å². The number of fused-ring (bicyclic) bond motifs is 1. The maximum absolute atomic E-state index is 14.5. The number of halogens is 3. The molecular formula is C22H23F3N2O3. The number of alkyl halides is 3. The summed E-state index contributed by atoms with van der Waals surface area (Å²) in [6.07, 6.45) is -4.06. The molecule has 1 unspecified atom stereocenters. The van der Waals surface area contributed by atoms with Crippen molar-refractivity contribution in [3.8, 4) is 28.5 Å². The van der Waals surface area contributed by atoms with Crippen LogP contribution in [0.2, 0.25) is 0 Å². The van der Waals surface area contributed by atoms with Crippen molar-refractivity contribution in [2.75, 3.05) is 27.9 Å². The van der Waals surface area contributed by atoms with Gasteiger partial charge in [-0.05, 0) is 37.6 Å². The minimum atomic E-state index is -4.47. The van der Waals surface area contributed by atoms with E-state index in [1.807, 2.05) is 0 Å². The van der Waals surface area contributed by atoms with Crippen molar-refractivity contribution in [3.63, 3.8) is 0 Å². The lowest BCUT2D eigenvalue weighted by atomic mass is 9.84. The number of hydrogen-bond acceptors (Lipinski definition) is 4. The quantitative estimate of drug-likeness (QED) is 0.610. The van der Waals surface area contributed by atoms with Crippen molar-refractivity contribution in [3.05, 3.63) is 42.0 Å². The lowest BCUT2D eigenvalue weighted by molar-refractivity contribution is -0.195. The second kappa shape index (κ2) is 7.43. The van der Waals surface area contributed by atoms with Gasteiger partial charge in [-0.1, -0.05) is 18.2 Å². The normalized spacial score (nSPS) is 19.3. The molecule has 2 aromatic carbocycles. The molecule has 1 aromatic heterocycles. The van der Waals surface area contributed by atoms with E-state index in [0.29, 0.717) is 52.4 Å². The third-order valence-corrected chi connectivity index (χ3v) is 5.73. The van der Waals surface area contributed by atoms with Gasteiger partial charge in [0.05, 0.1) is 27.0 Å². The Labute approximate surface area is 172 Å². The molecule has 1 saturated heterocycles. The van der Waals surface area contributed by atoms with E-state index in [1.165, 1.54) is 21.3 Å². The molecule has 5 nitrogen and oxygen atoms in total. The van der Waals surface area contributed by atoms with Crippen LogP contribution in [0.15, 0.2) is 36.4 Å². The average Bonchev–Trinajstić information content (AvgIpc) is 3.37. The molecule has 1 aliphatic rings. The van der Waals surface area contributed by atoms with Crippen molar-refractivity contribution in [2.45, 2.75) is 24.6 Å². The second-order valence-electron chi connectivity index (χ2n) is 7.27. The van der Waals surface area contributed by atoms with Crippen LogP contribution in [0.3, 0.4) is 0 Å². The lowest BCUT2D eigenvalue weighted by Crippen LogP contribution is -2.50. The maximum atomic E-state index is 14.5. The first kappa shape index (κ1) is 20.4. The SMILES string of the molecule is COc1cc(-c2[nH]c3ccccc3c2C2(C(F)(F)F)CCCN2)cc(OC)c1OC. The third kappa shape index (κ3) is 2.98. The van der Waals surface area contributed by atoms with E-state index < -0.39 is 11.7 Å². The summed E-state index contributed by atoms with van der Waals surface area (Å²) < 4.78 is 59.6. The molecule has 1 atom stereocenters. The number of nitrogens with one attached hydrogen (secondary N) is 2. The average molecular weight is 420 g/mol. The Balaban J connectivity index is 2.06. The van der Waals surface area contributed by atoms with Crippen LogP contribution < -0.4 is 19.5 Å². The van der Waals surface area contributed by atoms with Crippen LogP contribution >= 0.6 is 0 Å². The van der Waals surface area contributed by atoms with Crippen molar-refractivity contribution >= 4 is 10.9 Å².